The van der Waals surface area contributed by atoms with Gasteiger partial charge in [-0.25, -0.2) is 0 Å². The van der Waals surface area contributed by atoms with Gasteiger partial charge in [-0.05, 0) is 61.1 Å². The summed E-state index contributed by atoms with van der Waals surface area (Å²) in [7, 11) is 1.59. The average molecular weight is 452 g/mol. The number of carbonyl (C=O) groups is 2. The monoisotopic (exact) mass is 451 g/mol. The van der Waals surface area contributed by atoms with E-state index in [1.165, 1.54) is 32.1 Å². The van der Waals surface area contributed by atoms with E-state index in [0.717, 1.165) is 24.3 Å². The molecule has 1 amide bonds. The Morgan fingerprint density at radius 2 is 1.76 bits per heavy atom. The molecule has 2 aromatic carbocycles. The first-order valence-electron chi connectivity index (χ1n) is 12.3. The van der Waals surface area contributed by atoms with Gasteiger partial charge in [-0.2, -0.15) is 0 Å². The Labute approximate surface area is 197 Å². The molecule has 5 nitrogen and oxygen atoms in total. The number of amides is 1. The standard InChI is InChI=1S/C28H37NO4/c1-33-25-18-16-22(17-19-25)26(30)14-7-15-28(32)29-24(12-6-10-21-8-2-3-9-21)20-23-11-4-5-13-27(23)31/h4-5,11,13,16-19,21,24,31H,2-3,6-10,12,14-15,20H2,1H3,(H,29,32). The van der Waals surface area contributed by atoms with Gasteiger partial charge < -0.3 is 15.2 Å². The Hall–Kier alpha value is -2.82. The Morgan fingerprint density at radius 1 is 1.03 bits per heavy atom. The highest BCUT2D eigenvalue weighted by Crippen LogP contribution is 2.29. The molecule has 0 heterocycles. The number of rotatable bonds is 13. The minimum atomic E-state index is -0.0289. The number of para-hydroxylation sites is 1. The van der Waals surface area contributed by atoms with Crippen molar-refractivity contribution < 1.29 is 19.4 Å². The molecule has 1 aliphatic rings. The maximum atomic E-state index is 12.6. The lowest BCUT2D eigenvalue weighted by molar-refractivity contribution is -0.121. The van der Waals surface area contributed by atoms with Crippen LogP contribution in [0, 0.1) is 5.92 Å². The number of ether oxygens (including phenoxy) is 1. The summed E-state index contributed by atoms with van der Waals surface area (Å²) in [5.74, 6) is 1.83. The van der Waals surface area contributed by atoms with E-state index in [4.69, 9.17) is 4.74 Å². The van der Waals surface area contributed by atoms with Gasteiger partial charge >= 0.3 is 0 Å². The Balaban J connectivity index is 1.47. The molecule has 2 aromatic rings. The Morgan fingerprint density at radius 3 is 2.45 bits per heavy atom. The first-order chi connectivity index (χ1) is 16.0. The van der Waals surface area contributed by atoms with Gasteiger partial charge in [0.25, 0.3) is 0 Å². The summed E-state index contributed by atoms with van der Waals surface area (Å²) >= 11 is 0. The molecule has 2 N–H and O–H groups in total. The highest BCUT2D eigenvalue weighted by atomic mass is 16.5. The smallest absolute Gasteiger partial charge is 0.220 e. The fourth-order valence-electron chi connectivity index (χ4n) is 4.76. The van der Waals surface area contributed by atoms with Gasteiger partial charge in [0.1, 0.15) is 11.5 Å². The molecule has 3 rings (SSSR count). The summed E-state index contributed by atoms with van der Waals surface area (Å²) in [4.78, 5) is 25.0. The van der Waals surface area contributed by atoms with E-state index in [1.54, 1.807) is 37.4 Å². The van der Waals surface area contributed by atoms with Gasteiger partial charge in [0.2, 0.25) is 5.91 Å². The van der Waals surface area contributed by atoms with E-state index in [9.17, 15) is 14.7 Å². The van der Waals surface area contributed by atoms with Crippen LogP contribution in [0.4, 0.5) is 0 Å². The number of methoxy groups -OCH3 is 1. The SMILES string of the molecule is COc1ccc(C(=O)CCCC(=O)NC(CCCC2CCCC2)Cc2ccccc2O)cc1. The highest BCUT2D eigenvalue weighted by Gasteiger charge is 2.18. The predicted octanol–water partition coefficient (Wildman–Crippen LogP) is 5.84. The lowest BCUT2D eigenvalue weighted by atomic mass is 9.95. The summed E-state index contributed by atoms with van der Waals surface area (Å²) in [6, 6.07) is 14.4. The summed E-state index contributed by atoms with van der Waals surface area (Å²) in [5, 5.41) is 13.3. The largest absolute Gasteiger partial charge is 0.508 e. The van der Waals surface area contributed by atoms with Gasteiger partial charge in [0.05, 0.1) is 7.11 Å². The number of ketones is 1. The Kier molecular flexibility index (Phi) is 9.79. The van der Waals surface area contributed by atoms with E-state index in [2.05, 4.69) is 5.32 Å². The van der Waals surface area contributed by atoms with Crippen LogP contribution < -0.4 is 10.1 Å². The maximum absolute atomic E-state index is 12.6. The van der Waals surface area contributed by atoms with Crippen LogP contribution in [0.5, 0.6) is 11.5 Å². The molecule has 1 fully saturated rings. The van der Waals surface area contributed by atoms with E-state index >= 15 is 0 Å². The third kappa shape index (κ3) is 8.23. The zero-order valence-corrected chi connectivity index (χ0v) is 19.7. The van der Waals surface area contributed by atoms with Crippen molar-refractivity contribution in [1.82, 2.24) is 5.32 Å². The third-order valence-electron chi connectivity index (χ3n) is 6.68. The minimum Gasteiger partial charge on any atom is -0.508 e. The molecular formula is C28H37NO4. The van der Waals surface area contributed by atoms with Crippen molar-refractivity contribution in [2.75, 3.05) is 7.11 Å². The fourth-order valence-corrected chi connectivity index (χ4v) is 4.76. The first-order valence-corrected chi connectivity index (χ1v) is 12.3. The number of carbonyl (C=O) groups excluding carboxylic acids is 2. The molecule has 0 radical (unpaired) electrons. The quantitative estimate of drug-likeness (QED) is 0.375. The molecule has 1 aliphatic carbocycles. The number of phenols is 1. The molecule has 1 saturated carbocycles. The lowest BCUT2D eigenvalue weighted by Gasteiger charge is -2.20. The van der Waals surface area contributed by atoms with Gasteiger partial charge in [-0.3, -0.25) is 9.59 Å². The van der Waals surface area contributed by atoms with Crippen LogP contribution >= 0.6 is 0 Å². The van der Waals surface area contributed by atoms with Crippen LogP contribution in [-0.4, -0.2) is 29.9 Å². The maximum Gasteiger partial charge on any atom is 0.220 e. The zero-order chi connectivity index (χ0) is 23.5. The van der Waals surface area contributed by atoms with E-state index < -0.39 is 0 Å². The van der Waals surface area contributed by atoms with Crippen molar-refractivity contribution >= 4 is 11.7 Å². The van der Waals surface area contributed by atoms with Crippen molar-refractivity contribution in [3.63, 3.8) is 0 Å². The molecule has 5 heteroatoms. The summed E-state index contributed by atoms with van der Waals surface area (Å²) < 4.78 is 5.13. The average Bonchev–Trinajstić information content (AvgIpc) is 3.34. The van der Waals surface area contributed by atoms with Crippen molar-refractivity contribution in [2.24, 2.45) is 5.92 Å². The van der Waals surface area contributed by atoms with Crippen LogP contribution in [0.25, 0.3) is 0 Å². The van der Waals surface area contributed by atoms with Crippen molar-refractivity contribution in [3.8, 4) is 11.5 Å². The van der Waals surface area contributed by atoms with Crippen LogP contribution in [0.3, 0.4) is 0 Å². The van der Waals surface area contributed by atoms with Crippen LogP contribution in [-0.2, 0) is 11.2 Å². The molecular weight excluding hydrogens is 414 g/mol. The summed E-state index contributed by atoms with van der Waals surface area (Å²) in [6.45, 7) is 0. The number of hydrogen-bond acceptors (Lipinski definition) is 4. The molecule has 0 saturated heterocycles. The molecule has 178 valence electrons. The number of nitrogens with one attached hydrogen (secondary N) is 1. The number of hydrogen-bond donors (Lipinski definition) is 2. The summed E-state index contributed by atoms with van der Waals surface area (Å²) in [6.07, 6.45) is 10.3. The van der Waals surface area contributed by atoms with Crippen molar-refractivity contribution in [1.29, 1.82) is 0 Å². The molecule has 1 unspecified atom stereocenters. The lowest BCUT2D eigenvalue weighted by Crippen LogP contribution is -2.36. The van der Waals surface area contributed by atoms with Crippen molar-refractivity contribution in [3.05, 3.63) is 59.7 Å². The van der Waals surface area contributed by atoms with E-state index in [1.807, 2.05) is 18.2 Å². The Bertz CT molecular complexity index is 887. The fraction of sp³-hybridized carbons (Fsp3) is 0.500. The normalized spacial score (nSPS) is 14.7. The van der Waals surface area contributed by atoms with Crippen LogP contribution in [0.1, 0.15) is 80.1 Å². The number of aromatic hydroxyl groups is 1. The van der Waals surface area contributed by atoms with Gasteiger partial charge in [-0.1, -0.05) is 56.7 Å². The second kappa shape index (κ2) is 13.0. The van der Waals surface area contributed by atoms with E-state index in [0.29, 0.717) is 37.0 Å². The van der Waals surface area contributed by atoms with E-state index in [-0.39, 0.29) is 23.5 Å². The zero-order valence-electron chi connectivity index (χ0n) is 19.7. The minimum absolute atomic E-state index is 0.00973. The van der Waals surface area contributed by atoms with Gasteiger partial charge in [-0.15, -0.1) is 0 Å². The molecule has 0 bridgehead atoms. The number of Topliss-reactive ketones (excluding diaryl/α,β-unsaturated/α-hetero) is 1. The molecule has 0 aromatic heterocycles. The van der Waals surface area contributed by atoms with Gasteiger partial charge in [0.15, 0.2) is 5.78 Å². The van der Waals surface area contributed by atoms with Crippen LogP contribution in [0.15, 0.2) is 48.5 Å². The van der Waals surface area contributed by atoms with Crippen LogP contribution in [0.2, 0.25) is 0 Å². The summed E-state index contributed by atoms with van der Waals surface area (Å²) in [5.41, 5.74) is 1.50. The number of benzene rings is 2. The topological polar surface area (TPSA) is 75.6 Å². The second-order valence-corrected chi connectivity index (χ2v) is 9.18. The van der Waals surface area contributed by atoms with Gasteiger partial charge in [0, 0.05) is 24.4 Å². The predicted molar refractivity (Wildman–Crippen MR) is 131 cm³/mol. The molecule has 1 atom stereocenters. The number of phenolic OH excluding ortho intramolecular Hbond substituents is 1. The molecule has 33 heavy (non-hydrogen) atoms. The highest BCUT2D eigenvalue weighted by molar-refractivity contribution is 5.96. The van der Waals surface area contributed by atoms with Crippen molar-refractivity contribution in [2.45, 2.75) is 76.7 Å². The second-order valence-electron chi connectivity index (χ2n) is 9.18. The third-order valence-corrected chi connectivity index (χ3v) is 6.68. The molecule has 0 aliphatic heterocycles. The first kappa shape index (κ1) is 24.8. The molecule has 0 spiro atoms.